The van der Waals surface area contributed by atoms with Crippen LogP contribution in [-0.4, -0.2) is 16.3 Å². The van der Waals surface area contributed by atoms with E-state index in [0.29, 0.717) is 0 Å². The van der Waals surface area contributed by atoms with Gasteiger partial charge >= 0.3 is 0 Å². The molecule has 0 saturated carbocycles. The van der Waals surface area contributed by atoms with Gasteiger partial charge in [-0.1, -0.05) is 84.9 Å². The fourth-order valence-corrected chi connectivity index (χ4v) is 4.78. The Kier molecular flexibility index (Phi) is 3.19. The van der Waals surface area contributed by atoms with E-state index >= 15 is 0 Å². The van der Waals surface area contributed by atoms with Crippen molar-refractivity contribution in [2.75, 3.05) is 0 Å². The monoisotopic (exact) mass is 362 g/mol. The second kappa shape index (κ2) is 5.65. The fourth-order valence-electron chi connectivity index (χ4n) is 4.78. The molecule has 134 valence electrons. The van der Waals surface area contributed by atoms with Gasteiger partial charge < -0.3 is 10.2 Å². The van der Waals surface area contributed by atoms with E-state index in [1.807, 2.05) is 12.1 Å². The molecular weight excluding hydrogens is 344 g/mol. The summed E-state index contributed by atoms with van der Waals surface area (Å²) < 4.78 is 0. The van der Waals surface area contributed by atoms with Gasteiger partial charge in [0.2, 0.25) is 0 Å². The molecule has 0 spiro atoms. The number of fused-ring (bicyclic) bond motifs is 10. The van der Waals surface area contributed by atoms with E-state index in [9.17, 15) is 10.2 Å². The smallest absolute Gasteiger partial charge is 0.109 e. The summed E-state index contributed by atoms with van der Waals surface area (Å²) in [4.78, 5) is 0. The summed E-state index contributed by atoms with van der Waals surface area (Å²) in [6.07, 6.45) is 1.89. The van der Waals surface area contributed by atoms with Crippen LogP contribution in [0.2, 0.25) is 0 Å². The first kappa shape index (κ1) is 15.8. The zero-order chi connectivity index (χ0) is 18.8. The molecule has 2 heteroatoms. The van der Waals surface area contributed by atoms with Crippen molar-refractivity contribution in [3.63, 3.8) is 0 Å². The van der Waals surface area contributed by atoms with Crippen LogP contribution in [0.15, 0.2) is 78.9 Å². The molecule has 5 aromatic carbocycles. The summed E-state index contributed by atoms with van der Waals surface area (Å²) in [5, 5.41) is 30.3. The quantitative estimate of drug-likeness (QED) is 0.346. The minimum Gasteiger partial charge on any atom is -0.386 e. The topological polar surface area (TPSA) is 40.5 Å². The van der Waals surface area contributed by atoms with Gasteiger partial charge in [-0.3, -0.25) is 0 Å². The molecule has 6 rings (SSSR count). The van der Waals surface area contributed by atoms with Gasteiger partial charge in [-0.05, 0) is 54.2 Å². The highest BCUT2D eigenvalue weighted by Crippen LogP contribution is 2.43. The SMILES string of the molecule is O[C@@H]1C=Cc2c(ccc3c2c2ccccc2c2ccc4ccccc4c23)[C@H]1O. The summed E-state index contributed by atoms with van der Waals surface area (Å²) in [6, 6.07) is 25.4. The van der Waals surface area contributed by atoms with Crippen molar-refractivity contribution >= 4 is 49.2 Å². The molecule has 0 aromatic heterocycles. The van der Waals surface area contributed by atoms with Crippen molar-refractivity contribution < 1.29 is 10.2 Å². The van der Waals surface area contributed by atoms with Gasteiger partial charge in [0.05, 0.1) is 0 Å². The Hall–Kier alpha value is -3.20. The van der Waals surface area contributed by atoms with E-state index in [1.54, 1.807) is 6.08 Å². The number of rotatable bonds is 0. The van der Waals surface area contributed by atoms with Gasteiger partial charge in [0.15, 0.2) is 0 Å². The van der Waals surface area contributed by atoms with Crippen LogP contribution in [0.5, 0.6) is 0 Å². The summed E-state index contributed by atoms with van der Waals surface area (Å²) >= 11 is 0. The molecule has 1 aliphatic carbocycles. The largest absolute Gasteiger partial charge is 0.386 e. The Morgan fingerprint density at radius 1 is 0.571 bits per heavy atom. The van der Waals surface area contributed by atoms with Crippen LogP contribution >= 0.6 is 0 Å². The Labute approximate surface area is 162 Å². The molecule has 0 saturated heterocycles. The molecule has 0 heterocycles. The fraction of sp³-hybridized carbons (Fsp3) is 0.0769. The predicted octanol–water partition coefficient (Wildman–Crippen LogP) is 5.72. The van der Waals surface area contributed by atoms with Crippen LogP contribution in [-0.2, 0) is 0 Å². The average Bonchev–Trinajstić information content (AvgIpc) is 2.75. The highest BCUT2D eigenvalue weighted by atomic mass is 16.3. The number of aliphatic hydroxyl groups excluding tert-OH is 2. The Balaban J connectivity index is 1.95. The predicted molar refractivity (Wildman–Crippen MR) is 116 cm³/mol. The maximum absolute atomic E-state index is 10.5. The van der Waals surface area contributed by atoms with Gasteiger partial charge in [0, 0.05) is 0 Å². The second-order valence-electron chi connectivity index (χ2n) is 7.54. The maximum atomic E-state index is 10.5. The summed E-state index contributed by atoms with van der Waals surface area (Å²) in [7, 11) is 0. The Morgan fingerprint density at radius 3 is 2.11 bits per heavy atom. The van der Waals surface area contributed by atoms with Crippen molar-refractivity contribution in [3.8, 4) is 0 Å². The first-order valence-electron chi connectivity index (χ1n) is 9.57. The first-order valence-corrected chi connectivity index (χ1v) is 9.57. The third kappa shape index (κ3) is 1.99. The van der Waals surface area contributed by atoms with Gasteiger partial charge in [0.25, 0.3) is 0 Å². The van der Waals surface area contributed by atoms with E-state index in [0.717, 1.165) is 16.5 Å². The Morgan fingerprint density at radius 2 is 1.25 bits per heavy atom. The van der Waals surface area contributed by atoms with Gasteiger partial charge in [0.1, 0.15) is 12.2 Å². The number of hydrogen-bond donors (Lipinski definition) is 2. The maximum Gasteiger partial charge on any atom is 0.109 e. The van der Waals surface area contributed by atoms with Crippen molar-refractivity contribution in [1.29, 1.82) is 0 Å². The minimum absolute atomic E-state index is 0.784. The number of benzene rings is 5. The molecule has 1 aliphatic rings. The van der Waals surface area contributed by atoms with Gasteiger partial charge in [-0.25, -0.2) is 0 Å². The minimum atomic E-state index is -0.897. The lowest BCUT2D eigenvalue weighted by Gasteiger charge is -2.24. The van der Waals surface area contributed by atoms with Crippen LogP contribution in [0.4, 0.5) is 0 Å². The molecule has 5 aromatic rings. The van der Waals surface area contributed by atoms with E-state index in [1.165, 1.54) is 37.7 Å². The van der Waals surface area contributed by atoms with Crippen molar-refractivity contribution in [3.05, 3.63) is 90.0 Å². The lowest BCUT2D eigenvalue weighted by atomic mass is 9.84. The molecule has 0 unspecified atom stereocenters. The lowest BCUT2D eigenvalue weighted by molar-refractivity contribution is 0.0471. The molecule has 0 bridgehead atoms. The standard InChI is InChI=1S/C26H18O2/c27-23-14-13-20-21(26(23)28)11-12-22-24-16-6-2-1-5-15(16)9-10-19(24)17-7-3-4-8-18(17)25(20)22/h1-14,23,26-28H/t23-,26-/m1/s1. The average molecular weight is 362 g/mol. The van der Waals surface area contributed by atoms with E-state index in [-0.39, 0.29) is 0 Å². The normalized spacial score (nSPS) is 18.9. The molecule has 0 aliphatic heterocycles. The molecule has 2 nitrogen and oxygen atoms in total. The zero-order valence-corrected chi connectivity index (χ0v) is 15.1. The molecule has 0 fully saturated rings. The zero-order valence-electron chi connectivity index (χ0n) is 15.1. The molecule has 2 atom stereocenters. The Bertz CT molecular complexity index is 1450. The highest BCUT2D eigenvalue weighted by molar-refractivity contribution is 6.32. The molecule has 28 heavy (non-hydrogen) atoms. The van der Waals surface area contributed by atoms with Crippen LogP contribution in [0, 0.1) is 0 Å². The van der Waals surface area contributed by atoms with Crippen LogP contribution in [0.3, 0.4) is 0 Å². The second-order valence-corrected chi connectivity index (χ2v) is 7.54. The van der Waals surface area contributed by atoms with Crippen LogP contribution in [0.1, 0.15) is 17.2 Å². The summed E-state index contributed by atoms with van der Waals surface area (Å²) in [5.41, 5.74) is 1.79. The van der Waals surface area contributed by atoms with E-state index < -0.39 is 12.2 Å². The van der Waals surface area contributed by atoms with Crippen LogP contribution < -0.4 is 0 Å². The van der Waals surface area contributed by atoms with Gasteiger partial charge in [-0.15, -0.1) is 0 Å². The van der Waals surface area contributed by atoms with Crippen molar-refractivity contribution in [2.24, 2.45) is 0 Å². The number of aliphatic hydroxyl groups is 2. The van der Waals surface area contributed by atoms with Gasteiger partial charge in [-0.2, -0.15) is 0 Å². The summed E-state index contributed by atoms with van der Waals surface area (Å²) in [5.74, 6) is 0. The molecule has 0 radical (unpaired) electrons. The summed E-state index contributed by atoms with van der Waals surface area (Å²) in [6.45, 7) is 0. The third-order valence-electron chi connectivity index (χ3n) is 6.07. The van der Waals surface area contributed by atoms with E-state index in [4.69, 9.17) is 0 Å². The third-order valence-corrected chi connectivity index (χ3v) is 6.07. The first-order chi connectivity index (χ1) is 13.7. The lowest BCUT2D eigenvalue weighted by Crippen LogP contribution is -2.19. The van der Waals surface area contributed by atoms with Crippen molar-refractivity contribution in [1.82, 2.24) is 0 Å². The molecule has 0 amide bonds. The van der Waals surface area contributed by atoms with E-state index in [2.05, 4.69) is 66.7 Å². The molecule has 2 N–H and O–H groups in total. The molecular formula is C26H18O2. The highest BCUT2D eigenvalue weighted by Gasteiger charge is 2.25. The number of hydrogen-bond acceptors (Lipinski definition) is 2. The van der Waals surface area contributed by atoms with Crippen molar-refractivity contribution in [2.45, 2.75) is 12.2 Å². The van der Waals surface area contributed by atoms with Crippen LogP contribution in [0.25, 0.3) is 49.2 Å².